The summed E-state index contributed by atoms with van der Waals surface area (Å²) in [5.41, 5.74) is 3.23. The third kappa shape index (κ3) is 4.79. The van der Waals surface area contributed by atoms with Gasteiger partial charge < -0.3 is 10.1 Å². The number of aromatic nitrogens is 2. The van der Waals surface area contributed by atoms with Crippen LogP contribution in [0, 0.1) is 0 Å². The van der Waals surface area contributed by atoms with Crippen molar-refractivity contribution in [3.05, 3.63) is 72.8 Å². The van der Waals surface area contributed by atoms with E-state index in [1.807, 2.05) is 53.1 Å². The smallest absolute Gasteiger partial charge is 0.234 e. The SMILES string of the molecule is COc1ccc(-n2c(SCC(=O)Nc3ccc(S(C)(=O)=O)cc3)nc3ccccc32)cc1. The zero-order valence-electron chi connectivity index (χ0n) is 17.5. The van der Waals surface area contributed by atoms with Crippen molar-refractivity contribution in [3.63, 3.8) is 0 Å². The van der Waals surface area contributed by atoms with E-state index in [2.05, 4.69) is 5.32 Å². The minimum atomic E-state index is -3.28. The Labute approximate surface area is 190 Å². The van der Waals surface area contributed by atoms with E-state index >= 15 is 0 Å². The molecule has 4 aromatic rings. The molecule has 9 heteroatoms. The van der Waals surface area contributed by atoms with Crippen molar-refractivity contribution in [3.8, 4) is 11.4 Å². The fourth-order valence-corrected chi connectivity index (χ4v) is 4.65. The number of thioether (sulfide) groups is 1. The maximum atomic E-state index is 12.5. The topological polar surface area (TPSA) is 90.3 Å². The van der Waals surface area contributed by atoms with Crippen LogP contribution >= 0.6 is 11.8 Å². The summed E-state index contributed by atoms with van der Waals surface area (Å²) in [4.78, 5) is 17.4. The molecule has 1 amide bonds. The Morgan fingerprint density at radius 3 is 2.38 bits per heavy atom. The van der Waals surface area contributed by atoms with Crippen molar-refractivity contribution in [2.45, 2.75) is 10.1 Å². The van der Waals surface area contributed by atoms with Gasteiger partial charge in [-0.2, -0.15) is 0 Å². The minimum Gasteiger partial charge on any atom is -0.497 e. The Balaban J connectivity index is 1.53. The summed E-state index contributed by atoms with van der Waals surface area (Å²) in [5.74, 6) is 0.692. The lowest BCUT2D eigenvalue weighted by atomic mass is 10.2. The van der Waals surface area contributed by atoms with Gasteiger partial charge in [-0.25, -0.2) is 13.4 Å². The highest BCUT2D eigenvalue weighted by Crippen LogP contribution is 2.29. The number of rotatable bonds is 7. The number of amides is 1. The van der Waals surface area contributed by atoms with Gasteiger partial charge in [0.1, 0.15) is 5.75 Å². The van der Waals surface area contributed by atoms with Crippen molar-refractivity contribution >= 4 is 44.2 Å². The molecule has 3 aromatic carbocycles. The lowest BCUT2D eigenvalue weighted by molar-refractivity contribution is -0.113. The van der Waals surface area contributed by atoms with Gasteiger partial charge in [0.25, 0.3) is 0 Å². The van der Waals surface area contributed by atoms with Crippen LogP contribution < -0.4 is 10.1 Å². The number of imidazole rings is 1. The number of anilines is 1. The number of nitrogens with one attached hydrogen (secondary N) is 1. The lowest BCUT2D eigenvalue weighted by Crippen LogP contribution is -2.14. The van der Waals surface area contributed by atoms with E-state index in [0.29, 0.717) is 10.8 Å². The predicted molar refractivity (Wildman–Crippen MR) is 127 cm³/mol. The Morgan fingerprint density at radius 1 is 1.03 bits per heavy atom. The van der Waals surface area contributed by atoms with Crippen LogP contribution in [0.5, 0.6) is 5.75 Å². The third-order valence-corrected chi connectivity index (χ3v) is 6.83. The summed E-state index contributed by atoms with van der Waals surface area (Å²) in [5, 5.41) is 3.48. The van der Waals surface area contributed by atoms with Crippen LogP contribution in [-0.4, -0.2) is 43.0 Å². The molecule has 0 spiro atoms. The first kappa shape index (κ1) is 21.9. The Morgan fingerprint density at radius 2 is 1.72 bits per heavy atom. The molecule has 0 bridgehead atoms. The quantitative estimate of drug-likeness (QED) is 0.410. The summed E-state index contributed by atoms with van der Waals surface area (Å²) in [6, 6.07) is 21.5. The maximum Gasteiger partial charge on any atom is 0.234 e. The molecule has 4 rings (SSSR count). The Hall–Kier alpha value is -3.30. The Kier molecular flexibility index (Phi) is 6.20. The molecule has 0 aliphatic heterocycles. The lowest BCUT2D eigenvalue weighted by Gasteiger charge is -2.10. The second-order valence-corrected chi connectivity index (χ2v) is 10.0. The number of hydrogen-bond acceptors (Lipinski definition) is 6. The average Bonchev–Trinajstić information content (AvgIpc) is 3.16. The molecule has 1 N–H and O–H groups in total. The second-order valence-electron chi connectivity index (χ2n) is 7.05. The monoisotopic (exact) mass is 467 g/mol. The van der Waals surface area contributed by atoms with Gasteiger partial charge in [0, 0.05) is 17.6 Å². The van der Waals surface area contributed by atoms with Crippen molar-refractivity contribution in [2.24, 2.45) is 0 Å². The fourth-order valence-electron chi connectivity index (χ4n) is 3.19. The first-order chi connectivity index (χ1) is 15.3. The van der Waals surface area contributed by atoms with Gasteiger partial charge in [-0.1, -0.05) is 23.9 Å². The molecule has 1 aromatic heterocycles. The molecule has 0 saturated heterocycles. The molecular formula is C23H21N3O4S2. The number of ether oxygens (including phenoxy) is 1. The largest absolute Gasteiger partial charge is 0.497 e. The van der Waals surface area contributed by atoms with Gasteiger partial charge >= 0.3 is 0 Å². The summed E-state index contributed by atoms with van der Waals surface area (Å²) >= 11 is 1.33. The summed E-state index contributed by atoms with van der Waals surface area (Å²) in [7, 11) is -1.66. The van der Waals surface area contributed by atoms with Gasteiger partial charge in [0.2, 0.25) is 5.91 Å². The molecule has 7 nitrogen and oxygen atoms in total. The van der Waals surface area contributed by atoms with E-state index in [9.17, 15) is 13.2 Å². The zero-order valence-corrected chi connectivity index (χ0v) is 19.1. The molecule has 32 heavy (non-hydrogen) atoms. The number of carbonyl (C=O) groups is 1. The number of benzene rings is 3. The molecule has 0 unspecified atom stereocenters. The minimum absolute atomic E-state index is 0.146. The first-order valence-corrected chi connectivity index (χ1v) is 12.6. The number of fused-ring (bicyclic) bond motifs is 1. The number of sulfone groups is 1. The van der Waals surface area contributed by atoms with Crippen molar-refractivity contribution in [1.29, 1.82) is 0 Å². The van der Waals surface area contributed by atoms with Gasteiger partial charge in [-0.15, -0.1) is 0 Å². The van der Waals surface area contributed by atoms with Crippen molar-refractivity contribution in [1.82, 2.24) is 9.55 Å². The molecule has 0 saturated carbocycles. The van der Waals surface area contributed by atoms with Crippen LogP contribution in [0.15, 0.2) is 82.8 Å². The van der Waals surface area contributed by atoms with Crippen LogP contribution in [0.25, 0.3) is 16.7 Å². The summed E-state index contributed by atoms with van der Waals surface area (Å²) in [6.45, 7) is 0. The maximum absolute atomic E-state index is 12.5. The van der Waals surface area contributed by atoms with Crippen LogP contribution in [0.4, 0.5) is 5.69 Å². The molecule has 0 atom stereocenters. The number of hydrogen-bond donors (Lipinski definition) is 1. The summed E-state index contributed by atoms with van der Waals surface area (Å²) in [6.07, 6.45) is 1.14. The van der Waals surface area contributed by atoms with Crippen LogP contribution in [0.3, 0.4) is 0 Å². The second kappa shape index (κ2) is 9.05. The highest BCUT2D eigenvalue weighted by Gasteiger charge is 2.15. The van der Waals surface area contributed by atoms with Crippen LogP contribution in [0.2, 0.25) is 0 Å². The molecule has 0 aliphatic carbocycles. The van der Waals surface area contributed by atoms with E-state index in [0.717, 1.165) is 28.7 Å². The van der Waals surface area contributed by atoms with E-state index in [1.165, 1.54) is 23.9 Å². The van der Waals surface area contributed by atoms with E-state index < -0.39 is 9.84 Å². The number of nitrogens with zero attached hydrogens (tertiary/aromatic N) is 2. The van der Waals surface area contributed by atoms with E-state index in [1.54, 1.807) is 19.2 Å². The number of methoxy groups -OCH3 is 1. The highest BCUT2D eigenvalue weighted by molar-refractivity contribution is 7.99. The van der Waals surface area contributed by atoms with Gasteiger partial charge in [0.05, 0.1) is 28.8 Å². The zero-order chi connectivity index (χ0) is 22.7. The first-order valence-electron chi connectivity index (χ1n) is 9.70. The van der Waals surface area contributed by atoms with E-state index in [-0.39, 0.29) is 16.6 Å². The third-order valence-electron chi connectivity index (χ3n) is 4.76. The summed E-state index contributed by atoms with van der Waals surface area (Å²) < 4.78 is 30.4. The van der Waals surface area contributed by atoms with Crippen LogP contribution in [-0.2, 0) is 14.6 Å². The van der Waals surface area contributed by atoms with Gasteiger partial charge in [-0.3, -0.25) is 9.36 Å². The average molecular weight is 468 g/mol. The number of carbonyl (C=O) groups excluding carboxylic acids is 1. The van der Waals surface area contributed by atoms with E-state index in [4.69, 9.17) is 9.72 Å². The van der Waals surface area contributed by atoms with Crippen LogP contribution in [0.1, 0.15) is 0 Å². The predicted octanol–water partition coefficient (Wildman–Crippen LogP) is 4.17. The molecule has 0 aliphatic rings. The number of para-hydroxylation sites is 2. The van der Waals surface area contributed by atoms with Crippen molar-refractivity contribution in [2.75, 3.05) is 24.4 Å². The normalized spacial score (nSPS) is 11.4. The molecule has 0 fully saturated rings. The standard InChI is InChI=1S/C23H21N3O4S2/c1-30-18-11-9-17(10-12-18)26-21-6-4-3-5-20(21)25-23(26)31-15-22(27)24-16-7-13-19(14-8-16)32(2,28)29/h3-14H,15H2,1-2H3,(H,24,27). The highest BCUT2D eigenvalue weighted by atomic mass is 32.2. The molecular weight excluding hydrogens is 446 g/mol. The molecule has 0 radical (unpaired) electrons. The molecule has 1 heterocycles. The molecule has 164 valence electrons. The van der Waals surface area contributed by atoms with Gasteiger partial charge in [-0.05, 0) is 60.7 Å². The Bertz CT molecular complexity index is 1360. The van der Waals surface area contributed by atoms with Crippen molar-refractivity contribution < 1.29 is 17.9 Å². The van der Waals surface area contributed by atoms with Gasteiger partial charge in [0.15, 0.2) is 15.0 Å². The fraction of sp³-hybridized carbons (Fsp3) is 0.130.